The van der Waals surface area contributed by atoms with Crippen LogP contribution >= 0.6 is 0 Å². The summed E-state index contributed by atoms with van der Waals surface area (Å²) in [5.74, 6) is 0.198. The molecule has 0 aliphatic carbocycles. The van der Waals surface area contributed by atoms with Crippen LogP contribution in [0.2, 0.25) is 0 Å². The van der Waals surface area contributed by atoms with Crippen molar-refractivity contribution in [2.24, 2.45) is 0 Å². The van der Waals surface area contributed by atoms with Crippen LogP contribution in [0.1, 0.15) is 24.1 Å². The topological polar surface area (TPSA) is 33.1 Å². The molecule has 1 aromatic rings. The van der Waals surface area contributed by atoms with E-state index in [2.05, 4.69) is 4.98 Å². The molecule has 0 saturated carbocycles. The molecule has 2 heteroatoms. The number of hydrogen-bond donors (Lipinski definition) is 1. The summed E-state index contributed by atoms with van der Waals surface area (Å²) in [6.07, 6.45) is 1.77. The molecule has 0 spiro atoms. The van der Waals surface area contributed by atoms with E-state index in [1.54, 1.807) is 6.20 Å². The molecule has 1 heterocycles. The lowest BCUT2D eigenvalue weighted by molar-refractivity contribution is 0.272. The molecule has 0 amide bonds. The second-order valence-electron chi connectivity index (χ2n) is 2.76. The van der Waals surface area contributed by atoms with E-state index in [-0.39, 0.29) is 12.5 Å². The molecular formula is C9H13NO. The Bertz CT molecular complexity index is 235. The molecule has 60 valence electrons. The van der Waals surface area contributed by atoms with E-state index in [4.69, 9.17) is 5.11 Å². The molecule has 0 aromatic carbocycles. The third kappa shape index (κ3) is 1.77. The van der Waals surface area contributed by atoms with E-state index in [1.807, 2.05) is 26.0 Å². The summed E-state index contributed by atoms with van der Waals surface area (Å²) in [4.78, 5) is 4.14. The number of aryl methyl sites for hydroxylation is 1. The molecule has 1 atom stereocenters. The molecule has 0 radical (unpaired) electrons. The van der Waals surface area contributed by atoms with Gasteiger partial charge in [-0.3, -0.25) is 4.98 Å². The third-order valence-corrected chi connectivity index (χ3v) is 1.85. The first-order chi connectivity index (χ1) is 5.25. The summed E-state index contributed by atoms with van der Waals surface area (Å²) in [6, 6.07) is 3.90. The van der Waals surface area contributed by atoms with Crippen LogP contribution in [0.25, 0.3) is 0 Å². The Morgan fingerprint density at radius 2 is 2.36 bits per heavy atom. The van der Waals surface area contributed by atoms with Crippen molar-refractivity contribution in [3.63, 3.8) is 0 Å². The number of aromatic nitrogens is 1. The van der Waals surface area contributed by atoms with Gasteiger partial charge in [0.15, 0.2) is 0 Å². The summed E-state index contributed by atoms with van der Waals surface area (Å²) in [7, 11) is 0. The zero-order valence-corrected chi connectivity index (χ0v) is 6.91. The second kappa shape index (κ2) is 3.49. The van der Waals surface area contributed by atoms with Crippen LogP contribution in [0.5, 0.6) is 0 Å². The molecule has 0 aliphatic heterocycles. The van der Waals surface area contributed by atoms with Gasteiger partial charge in [0.1, 0.15) is 0 Å². The van der Waals surface area contributed by atoms with Crippen LogP contribution in [0.3, 0.4) is 0 Å². The van der Waals surface area contributed by atoms with E-state index in [1.165, 1.54) is 0 Å². The highest BCUT2D eigenvalue weighted by Gasteiger charge is 2.05. The number of rotatable bonds is 2. The summed E-state index contributed by atoms with van der Waals surface area (Å²) in [5.41, 5.74) is 2.14. The summed E-state index contributed by atoms with van der Waals surface area (Å²) >= 11 is 0. The van der Waals surface area contributed by atoms with E-state index in [0.717, 1.165) is 11.3 Å². The third-order valence-electron chi connectivity index (χ3n) is 1.85. The minimum atomic E-state index is 0.187. The van der Waals surface area contributed by atoms with Gasteiger partial charge < -0.3 is 5.11 Å². The molecule has 1 unspecified atom stereocenters. The molecule has 2 nitrogen and oxygen atoms in total. The van der Waals surface area contributed by atoms with E-state index < -0.39 is 0 Å². The van der Waals surface area contributed by atoms with Gasteiger partial charge in [-0.15, -0.1) is 0 Å². The summed E-state index contributed by atoms with van der Waals surface area (Å²) in [6.45, 7) is 4.14. The maximum atomic E-state index is 8.88. The van der Waals surface area contributed by atoms with Crippen molar-refractivity contribution >= 4 is 0 Å². The SMILES string of the molecule is Cc1ncccc1C(C)CO. The summed E-state index contributed by atoms with van der Waals surface area (Å²) < 4.78 is 0. The van der Waals surface area contributed by atoms with Gasteiger partial charge in [-0.2, -0.15) is 0 Å². The molecule has 0 saturated heterocycles. The van der Waals surface area contributed by atoms with Crippen molar-refractivity contribution in [3.05, 3.63) is 29.6 Å². The van der Waals surface area contributed by atoms with Gasteiger partial charge in [0.2, 0.25) is 0 Å². The zero-order valence-electron chi connectivity index (χ0n) is 6.91. The van der Waals surface area contributed by atoms with Gasteiger partial charge >= 0.3 is 0 Å². The lowest BCUT2D eigenvalue weighted by Crippen LogP contribution is -2.01. The van der Waals surface area contributed by atoms with E-state index >= 15 is 0 Å². The van der Waals surface area contributed by atoms with Crippen molar-refractivity contribution in [3.8, 4) is 0 Å². The van der Waals surface area contributed by atoms with Crippen molar-refractivity contribution in [1.82, 2.24) is 4.98 Å². The maximum Gasteiger partial charge on any atom is 0.0497 e. The minimum Gasteiger partial charge on any atom is -0.396 e. The fourth-order valence-electron chi connectivity index (χ4n) is 1.12. The second-order valence-corrected chi connectivity index (χ2v) is 2.76. The van der Waals surface area contributed by atoms with Crippen molar-refractivity contribution < 1.29 is 5.11 Å². The highest BCUT2D eigenvalue weighted by Crippen LogP contribution is 2.15. The Balaban J connectivity index is 2.93. The average molecular weight is 151 g/mol. The first-order valence-electron chi connectivity index (χ1n) is 3.78. The number of aliphatic hydroxyl groups excluding tert-OH is 1. The Labute approximate surface area is 66.9 Å². The minimum absolute atomic E-state index is 0.187. The lowest BCUT2D eigenvalue weighted by atomic mass is 10.0. The average Bonchev–Trinajstić information content (AvgIpc) is 2.04. The van der Waals surface area contributed by atoms with Gasteiger partial charge in [-0.25, -0.2) is 0 Å². The van der Waals surface area contributed by atoms with Crippen molar-refractivity contribution in [1.29, 1.82) is 0 Å². The largest absolute Gasteiger partial charge is 0.396 e. The van der Waals surface area contributed by atoms with Crippen LogP contribution in [0.4, 0.5) is 0 Å². The van der Waals surface area contributed by atoms with Gasteiger partial charge in [0.25, 0.3) is 0 Å². The quantitative estimate of drug-likeness (QED) is 0.694. The van der Waals surface area contributed by atoms with Crippen molar-refractivity contribution in [2.75, 3.05) is 6.61 Å². The van der Waals surface area contributed by atoms with Crippen LogP contribution in [0, 0.1) is 6.92 Å². The molecule has 11 heavy (non-hydrogen) atoms. The number of hydrogen-bond acceptors (Lipinski definition) is 2. The fourth-order valence-corrected chi connectivity index (χ4v) is 1.12. The molecule has 1 aromatic heterocycles. The van der Waals surface area contributed by atoms with Crippen molar-refractivity contribution in [2.45, 2.75) is 19.8 Å². The van der Waals surface area contributed by atoms with Crippen LogP contribution in [0.15, 0.2) is 18.3 Å². The molecule has 0 fully saturated rings. The van der Waals surface area contributed by atoms with Gasteiger partial charge in [-0.1, -0.05) is 13.0 Å². The lowest BCUT2D eigenvalue weighted by Gasteiger charge is -2.09. The normalized spacial score (nSPS) is 13.0. The van der Waals surface area contributed by atoms with Gasteiger partial charge in [-0.05, 0) is 18.6 Å². The number of aliphatic hydroxyl groups is 1. The molecule has 1 N–H and O–H groups in total. The fraction of sp³-hybridized carbons (Fsp3) is 0.444. The molecular weight excluding hydrogens is 138 g/mol. The Morgan fingerprint density at radius 1 is 1.64 bits per heavy atom. The first kappa shape index (κ1) is 8.21. The van der Waals surface area contributed by atoms with E-state index in [0.29, 0.717) is 0 Å². The highest BCUT2D eigenvalue weighted by atomic mass is 16.3. The monoisotopic (exact) mass is 151 g/mol. The van der Waals surface area contributed by atoms with E-state index in [9.17, 15) is 0 Å². The van der Waals surface area contributed by atoms with Crippen LogP contribution < -0.4 is 0 Å². The summed E-state index contributed by atoms with van der Waals surface area (Å²) in [5, 5.41) is 8.88. The highest BCUT2D eigenvalue weighted by molar-refractivity contribution is 5.22. The number of nitrogens with zero attached hydrogens (tertiary/aromatic N) is 1. The Morgan fingerprint density at radius 3 is 2.91 bits per heavy atom. The van der Waals surface area contributed by atoms with Crippen LogP contribution in [-0.4, -0.2) is 16.7 Å². The number of pyridine rings is 1. The standard InChI is InChI=1S/C9H13NO/c1-7(6-11)9-4-3-5-10-8(9)2/h3-5,7,11H,6H2,1-2H3. The predicted molar refractivity (Wildman–Crippen MR) is 44.5 cm³/mol. The predicted octanol–water partition coefficient (Wildman–Crippen LogP) is 1.49. The zero-order chi connectivity index (χ0) is 8.27. The molecule has 0 aliphatic rings. The molecule has 0 bridgehead atoms. The first-order valence-corrected chi connectivity index (χ1v) is 3.78. The van der Waals surface area contributed by atoms with Gasteiger partial charge in [0, 0.05) is 24.4 Å². The Hall–Kier alpha value is -0.890. The Kier molecular flexibility index (Phi) is 2.60. The molecule has 1 rings (SSSR count). The van der Waals surface area contributed by atoms with Crippen LogP contribution in [-0.2, 0) is 0 Å². The maximum absolute atomic E-state index is 8.88. The van der Waals surface area contributed by atoms with Gasteiger partial charge in [0.05, 0.1) is 0 Å². The smallest absolute Gasteiger partial charge is 0.0497 e.